The Bertz CT molecular complexity index is 421. The normalized spacial score (nSPS) is 12.0. The van der Waals surface area contributed by atoms with Crippen molar-refractivity contribution in [1.29, 1.82) is 0 Å². The van der Waals surface area contributed by atoms with Crippen LogP contribution in [0.1, 0.15) is 22.8 Å². The largest absolute Gasteiger partial charge is 0.395 e. The number of aliphatic hydroxyl groups excluding tert-OH is 1. The number of benzene rings is 1. The number of aliphatic hydroxyl groups is 1. The summed E-state index contributed by atoms with van der Waals surface area (Å²) in [6, 6.07) is 5.71. The minimum absolute atomic E-state index is 0.0619. The highest BCUT2D eigenvalue weighted by atomic mass is 16.5. The molecule has 1 aromatic carbocycles. The van der Waals surface area contributed by atoms with E-state index in [0.717, 1.165) is 11.3 Å². The minimum atomic E-state index is -0.172. The number of methoxy groups -OCH3 is 1. The maximum Gasteiger partial charge on any atom is 0.251 e. The first-order valence-corrected chi connectivity index (χ1v) is 6.34. The molecule has 3 N–H and O–H groups in total. The fourth-order valence-corrected chi connectivity index (χ4v) is 1.86. The van der Waals surface area contributed by atoms with Crippen LogP contribution in [0.15, 0.2) is 18.2 Å². The van der Waals surface area contributed by atoms with Gasteiger partial charge in [0.05, 0.1) is 13.2 Å². The van der Waals surface area contributed by atoms with E-state index < -0.39 is 0 Å². The van der Waals surface area contributed by atoms with Gasteiger partial charge in [-0.2, -0.15) is 0 Å². The molecule has 0 saturated heterocycles. The third-order valence-electron chi connectivity index (χ3n) is 2.79. The van der Waals surface area contributed by atoms with Crippen molar-refractivity contribution in [3.8, 4) is 0 Å². The van der Waals surface area contributed by atoms with Gasteiger partial charge in [-0.15, -0.1) is 0 Å². The van der Waals surface area contributed by atoms with Crippen LogP contribution in [0.2, 0.25) is 0 Å². The average molecular weight is 266 g/mol. The van der Waals surface area contributed by atoms with Crippen LogP contribution in [-0.2, 0) is 4.74 Å². The summed E-state index contributed by atoms with van der Waals surface area (Å²) in [5.41, 5.74) is 2.42. The summed E-state index contributed by atoms with van der Waals surface area (Å²) in [5.74, 6) is -0.172. The van der Waals surface area contributed by atoms with Gasteiger partial charge in [-0.1, -0.05) is 6.07 Å². The number of amides is 1. The molecule has 0 aromatic heterocycles. The standard InChI is InChI=1S/C14H22N2O3/c1-10(9-19-3)16-13-6-4-5-12(11(13)2)14(18)15-7-8-17/h4-6,10,16-17H,7-9H2,1-3H3,(H,15,18). The monoisotopic (exact) mass is 266 g/mol. The summed E-state index contributed by atoms with van der Waals surface area (Å²) in [6.07, 6.45) is 0. The Balaban J connectivity index is 2.82. The van der Waals surface area contributed by atoms with E-state index in [1.807, 2.05) is 26.0 Å². The van der Waals surface area contributed by atoms with E-state index in [2.05, 4.69) is 10.6 Å². The van der Waals surface area contributed by atoms with Gasteiger partial charge in [0.15, 0.2) is 0 Å². The topological polar surface area (TPSA) is 70.6 Å². The molecule has 0 aliphatic carbocycles. The van der Waals surface area contributed by atoms with Crippen LogP contribution in [0.25, 0.3) is 0 Å². The van der Waals surface area contributed by atoms with Crippen LogP contribution >= 0.6 is 0 Å². The minimum Gasteiger partial charge on any atom is -0.395 e. The molecule has 0 spiro atoms. The van der Waals surface area contributed by atoms with Gasteiger partial charge in [0, 0.05) is 30.9 Å². The fourth-order valence-electron chi connectivity index (χ4n) is 1.86. The number of anilines is 1. The lowest BCUT2D eigenvalue weighted by molar-refractivity contribution is 0.0944. The summed E-state index contributed by atoms with van der Waals surface area (Å²) in [7, 11) is 1.66. The van der Waals surface area contributed by atoms with Crippen LogP contribution in [0.3, 0.4) is 0 Å². The zero-order valence-electron chi connectivity index (χ0n) is 11.7. The molecule has 0 radical (unpaired) electrons. The Hall–Kier alpha value is -1.59. The van der Waals surface area contributed by atoms with E-state index >= 15 is 0 Å². The summed E-state index contributed by atoms with van der Waals surface area (Å²) in [6.45, 7) is 4.71. The quantitative estimate of drug-likeness (QED) is 0.692. The number of carbonyl (C=O) groups excluding carboxylic acids is 1. The predicted molar refractivity (Wildman–Crippen MR) is 75.6 cm³/mol. The lowest BCUT2D eigenvalue weighted by atomic mass is 10.1. The van der Waals surface area contributed by atoms with E-state index in [9.17, 15) is 4.79 Å². The third-order valence-corrected chi connectivity index (χ3v) is 2.79. The maximum atomic E-state index is 11.9. The van der Waals surface area contributed by atoms with E-state index in [0.29, 0.717) is 12.2 Å². The molecule has 1 unspecified atom stereocenters. The molecule has 0 aliphatic heterocycles. The third kappa shape index (κ3) is 4.54. The van der Waals surface area contributed by atoms with Crippen LogP contribution in [0.4, 0.5) is 5.69 Å². The van der Waals surface area contributed by atoms with Crippen molar-refractivity contribution in [3.05, 3.63) is 29.3 Å². The Morgan fingerprint density at radius 1 is 1.47 bits per heavy atom. The Morgan fingerprint density at radius 3 is 2.84 bits per heavy atom. The molecule has 0 aliphatic rings. The van der Waals surface area contributed by atoms with Crippen LogP contribution in [0, 0.1) is 6.92 Å². The summed E-state index contributed by atoms with van der Waals surface area (Å²) in [4.78, 5) is 11.9. The van der Waals surface area contributed by atoms with Crippen LogP contribution < -0.4 is 10.6 Å². The number of hydrogen-bond donors (Lipinski definition) is 3. The molecular weight excluding hydrogens is 244 g/mol. The molecule has 106 valence electrons. The van der Waals surface area contributed by atoms with Gasteiger partial charge >= 0.3 is 0 Å². The van der Waals surface area contributed by atoms with E-state index in [1.54, 1.807) is 13.2 Å². The number of nitrogens with one attached hydrogen (secondary N) is 2. The van der Waals surface area contributed by atoms with Crippen molar-refractivity contribution in [3.63, 3.8) is 0 Å². The molecule has 0 saturated carbocycles. The molecule has 0 bridgehead atoms. The summed E-state index contributed by atoms with van der Waals surface area (Å²) in [5, 5.41) is 14.7. The molecule has 5 nitrogen and oxygen atoms in total. The van der Waals surface area contributed by atoms with Crippen molar-refractivity contribution >= 4 is 11.6 Å². The molecule has 19 heavy (non-hydrogen) atoms. The van der Waals surface area contributed by atoms with Gasteiger partial charge in [0.2, 0.25) is 0 Å². The average Bonchev–Trinajstić information content (AvgIpc) is 2.38. The highest BCUT2D eigenvalue weighted by Gasteiger charge is 2.12. The lowest BCUT2D eigenvalue weighted by Crippen LogP contribution is -2.27. The molecule has 0 fully saturated rings. The molecule has 1 aromatic rings. The summed E-state index contributed by atoms with van der Waals surface area (Å²) >= 11 is 0. The molecular formula is C14H22N2O3. The number of ether oxygens (including phenoxy) is 1. The summed E-state index contributed by atoms with van der Waals surface area (Å²) < 4.78 is 5.08. The van der Waals surface area contributed by atoms with Gasteiger partial charge in [0.25, 0.3) is 5.91 Å². The first-order valence-electron chi connectivity index (χ1n) is 6.34. The maximum absolute atomic E-state index is 11.9. The van der Waals surface area contributed by atoms with Gasteiger partial charge in [0.1, 0.15) is 0 Å². The van der Waals surface area contributed by atoms with Gasteiger partial charge in [-0.3, -0.25) is 4.79 Å². The van der Waals surface area contributed by atoms with Crippen molar-refractivity contribution in [2.45, 2.75) is 19.9 Å². The van der Waals surface area contributed by atoms with Crippen molar-refractivity contribution in [2.24, 2.45) is 0 Å². The zero-order chi connectivity index (χ0) is 14.3. The molecule has 1 atom stereocenters. The second kappa shape index (κ2) is 7.76. The number of hydrogen-bond acceptors (Lipinski definition) is 4. The van der Waals surface area contributed by atoms with Crippen molar-refractivity contribution < 1.29 is 14.6 Å². The van der Waals surface area contributed by atoms with E-state index in [-0.39, 0.29) is 25.1 Å². The van der Waals surface area contributed by atoms with Gasteiger partial charge < -0.3 is 20.5 Å². The fraction of sp³-hybridized carbons (Fsp3) is 0.500. The molecule has 1 amide bonds. The van der Waals surface area contributed by atoms with Crippen LogP contribution in [-0.4, -0.2) is 43.9 Å². The first kappa shape index (κ1) is 15.5. The number of carbonyl (C=O) groups is 1. The highest BCUT2D eigenvalue weighted by Crippen LogP contribution is 2.19. The van der Waals surface area contributed by atoms with E-state index in [1.165, 1.54) is 0 Å². The SMILES string of the molecule is COCC(C)Nc1cccc(C(=O)NCCO)c1C. The van der Waals surface area contributed by atoms with E-state index in [4.69, 9.17) is 9.84 Å². The Morgan fingerprint density at radius 2 is 2.21 bits per heavy atom. The highest BCUT2D eigenvalue weighted by molar-refractivity contribution is 5.97. The van der Waals surface area contributed by atoms with Gasteiger partial charge in [-0.25, -0.2) is 0 Å². The predicted octanol–water partition coefficient (Wildman–Crippen LogP) is 1.16. The Labute approximate surface area is 114 Å². The first-order chi connectivity index (χ1) is 9.10. The molecule has 0 heterocycles. The van der Waals surface area contributed by atoms with Crippen molar-refractivity contribution in [1.82, 2.24) is 5.32 Å². The number of rotatable bonds is 7. The second-order valence-electron chi connectivity index (χ2n) is 4.46. The van der Waals surface area contributed by atoms with Gasteiger partial charge in [-0.05, 0) is 31.5 Å². The lowest BCUT2D eigenvalue weighted by Gasteiger charge is -2.17. The molecule has 5 heteroatoms. The molecule has 1 rings (SSSR count). The zero-order valence-corrected chi connectivity index (χ0v) is 11.7. The van der Waals surface area contributed by atoms with Crippen molar-refractivity contribution in [2.75, 3.05) is 32.2 Å². The smallest absolute Gasteiger partial charge is 0.251 e. The second-order valence-corrected chi connectivity index (χ2v) is 4.46. The van der Waals surface area contributed by atoms with Crippen LogP contribution in [0.5, 0.6) is 0 Å². The Kier molecular flexibility index (Phi) is 6.32.